The number of hydrogen-bond acceptors (Lipinski definition) is 4. The Morgan fingerprint density at radius 3 is 2.50 bits per heavy atom. The van der Waals surface area contributed by atoms with Crippen molar-refractivity contribution in [2.45, 2.75) is 19.8 Å². The number of carbonyl (C=O) groups excluding carboxylic acids is 2. The summed E-state index contributed by atoms with van der Waals surface area (Å²) in [5.41, 5.74) is 1.74. The third kappa shape index (κ3) is 3.69. The first-order valence-electron chi connectivity index (χ1n) is 7.33. The monoisotopic (exact) mass is 306 g/mol. The lowest BCUT2D eigenvalue weighted by Crippen LogP contribution is -2.41. The van der Waals surface area contributed by atoms with E-state index in [0.29, 0.717) is 37.4 Å². The van der Waals surface area contributed by atoms with Gasteiger partial charge in [0.1, 0.15) is 5.75 Å². The first-order chi connectivity index (χ1) is 10.5. The summed E-state index contributed by atoms with van der Waals surface area (Å²) in [7, 11) is 2.94. The van der Waals surface area contributed by atoms with Gasteiger partial charge in [0.25, 0.3) is 0 Å². The van der Waals surface area contributed by atoms with Crippen molar-refractivity contribution in [1.82, 2.24) is 4.90 Å². The summed E-state index contributed by atoms with van der Waals surface area (Å²) in [6, 6.07) is 5.66. The third-order valence-electron chi connectivity index (χ3n) is 3.91. The van der Waals surface area contributed by atoms with Crippen molar-refractivity contribution >= 4 is 17.7 Å². The molecule has 0 spiro atoms. The summed E-state index contributed by atoms with van der Waals surface area (Å²) in [6.45, 7) is 3.04. The summed E-state index contributed by atoms with van der Waals surface area (Å²) in [5.74, 6) is 0.505. The van der Waals surface area contributed by atoms with Crippen molar-refractivity contribution < 1.29 is 19.1 Å². The molecule has 1 fully saturated rings. The Morgan fingerprint density at radius 1 is 1.23 bits per heavy atom. The second-order valence-electron chi connectivity index (χ2n) is 5.42. The highest BCUT2D eigenvalue weighted by Crippen LogP contribution is 2.27. The Balaban J connectivity index is 1.96. The van der Waals surface area contributed by atoms with E-state index in [2.05, 4.69) is 5.32 Å². The Kier molecular flexibility index (Phi) is 5.25. The summed E-state index contributed by atoms with van der Waals surface area (Å²) in [4.78, 5) is 25.5. The van der Waals surface area contributed by atoms with Crippen LogP contribution in [0.4, 0.5) is 10.5 Å². The highest BCUT2D eigenvalue weighted by atomic mass is 16.5. The van der Waals surface area contributed by atoms with Gasteiger partial charge in [0.2, 0.25) is 5.91 Å². The minimum atomic E-state index is -0.334. The molecule has 6 heteroatoms. The van der Waals surface area contributed by atoms with Crippen molar-refractivity contribution in [2.24, 2.45) is 5.92 Å². The van der Waals surface area contributed by atoms with Crippen LogP contribution in [0.3, 0.4) is 0 Å². The summed E-state index contributed by atoms with van der Waals surface area (Å²) < 4.78 is 9.96. The molecule has 1 saturated heterocycles. The highest BCUT2D eigenvalue weighted by molar-refractivity contribution is 5.94. The van der Waals surface area contributed by atoms with E-state index in [0.717, 1.165) is 5.56 Å². The first-order valence-corrected chi connectivity index (χ1v) is 7.33. The van der Waals surface area contributed by atoms with Crippen LogP contribution in [0.5, 0.6) is 5.75 Å². The average Bonchev–Trinajstić information content (AvgIpc) is 2.54. The predicted octanol–water partition coefficient (Wildman–Crippen LogP) is 2.42. The van der Waals surface area contributed by atoms with E-state index in [-0.39, 0.29) is 17.9 Å². The number of anilines is 1. The van der Waals surface area contributed by atoms with E-state index >= 15 is 0 Å². The van der Waals surface area contributed by atoms with Crippen molar-refractivity contribution in [1.29, 1.82) is 0 Å². The lowest BCUT2D eigenvalue weighted by molar-refractivity contribution is -0.121. The minimum absolute atomic E-state index is 0.0339. The molecule has 0 bridgehead atoms. The molecule has 0 saturated carbocycles. The number of rotatable bonds is 3. The lowest BCUT2D eigenvalue weighted by Gasteiger charge is -2.30. The van der Waals surface area contributed by atoms with E-state index in [1.54, 1.807) is 12.0 Å². The summed E-state index contributed by atoms with van der Waals surface area (Å²) in [5, 5.41) is 2.93. The molecule has 0 aliphatic carbocycles. The molecule has 2 amide bonds. The molecule has 1 aromatic carbocycles. The van der Waals surface area contributed by atoms with E-state index in [9.17, 15) is 9.59 Å². The zero-order chi connectivity index (χ0) is 16.1. The van der Waals surface area contributed by atoms with Crippen LogP contribution in [-0.2, 0) is 9.53 Å². The van der Waals surface area contributed by atoms with Gasteiger partial charge in [0.15, 0.2) is 0 Å². The van der Waals surface area contributed by atoms with Crippen molar-refractivity contribution in [3.8, 4) is 5.75 Å². The maximum atomic E-state index is 12.4. The van der Waals surface area contributed by atoms with Crippen LogP contribution >= 0.6 is 0 Å². The van der Waals surface area contributed by atoms with Crippen LogP contribution in [0.25, 0.3) is 0 Å². The molecule has 0 aromatic heterocycles. The fourth-order valence-electron chi connectivity index (χ4n) is 2.61. The smallest absolute Gasteiger partial charge is 0.409 e. The maximum Gasteiger partial charge on any atom is 0.409 e. The number of nitrogens with zero attached hydrogens (tertiary/aromatic N) is 1. The SMILES string of the molecule is COC(=O)N1CCC(C(=O)Nc2cc(C)ccc2OC)CC1. The third-order valence-corrected chi connectivity index (χ3v) is 3.91. The van der Waals surface area contributed by atoms with Gasteiger partial charge in [-0.05, 0) is 37.5 Å². The Labute approximate surface area is 130 Å². The molecule has 1 aliphatic rings. The molecule has 1 aliphatic heterocycles. The number of ether oxygens (including phenoxy) is 2. The number of likely N-dealkylation sites (tertiary alicyclic amines) is 1. The largest absolute Gasteiger partial charge is 0.495 e. The molecular formula is C16H22N2O4. The normalized spacial score (nSPS) is 15.3. The molecular weight excluding hydrogens is 284 g/mol. The van der Waals surface area contributed by atoms with E-state index in [4.69, 9.17) is 9.47 Å². The molecule has 0 radical (unpaired) electrons. The number of hydrogen-bond donors (Lipinski definition) is 1. The number of carbonyl (C=O) groups is 2. The second-order valence-corrected chi connectivity index (χ2v) is 5.42. The molecule has 1 heterocycles. The van der Waals surface area contributed by atoms with Crippen LogP contribution in [0.2, 0.25) is 0 Å². The molecule has 0 unspecified atom stereocenters. The van der Waals surface area contributed by atoms with Crippen LogP contribution < -0.4 is 10.1 Å². The van der Waals surface area contributed by atoms with Gasteiger partial charge in [-0.3, -0.25) is 4.79 Å². The fraction of sp³-hybridized carbons (Fsp3) is 0.500. The number of nitrogens with one attached hydrogen (secondary N) is 1. The predicted molar refractivity (Wildman–Crippen MR) is 83.1 cm³/mol. The quantitative estimate of drug-likeness (QED) is 0.931. The van der Waals surface area contributed by atoms with E-state index in [1.165, 1.54) is 7.11 Å². The van der Waals surface area contributed by atoms with Crippen LogP contribution in [-0.4, -0.2) is 44.2 Å². The van der Waals surface area contributed by atoms with Gasteiger partial charge in [0, 0.05) is 19.0 Å². The number of piperidine rings is 1. The zero-order valence-electron chi connectivity index (χ0n) is 13.2. The molecule has 2 rings (SSSR count). The fourth-order valence-corrected chi connectivity index (χ4v) is 2.61. The van der Waals surface area contributed by atoms with Crippen LogP contribution in [0.15, 0.2) is 18.2 Å². The van der Waals surface area contributed by atoms with Crippen molar-refractivity contribution in [3.05, 3.63) is 23.8 Å². The lowest BCUT2D eigenvalue weighted by atomic mass is 9.96. The van der Waals surface area contributed by atoms with Gasteiger partial charge in [-0.25, -0.2) is 4.79 Å². The van der Waals surface area contributed by atoms with Crippen LogP contribution in [0, 0.1) is 12.8 Å². The second kappa shape index (κ2) is 7.15. The molecule has 6 nitrogen and oxygen atoms in total. The molecule has 22 heavy (non-hydrogen) atoms. The Hall–Kier alpha value is -2.24. The number of amides is 2. The topological polar surface area (TPSA) is 67.9 Å². The van der Waals surface area contributed by atoms with Gasteiger partial charge in [-0.2, -0.15) is 0 Å². The van der Waals surface area contributed by atoms with Gasteiger partial charge in [-0.1, -0.05) is 6.07 Å². The van der Waals surface area contributed by atoms with E-state index in [1.807, 2.05) is 25.1 Å². The minimum Gasteiger partial charge on any atom is -0.495 e. The van der Waals surface area contributed by atoms with Gasteiger partial charge in [-0.15, -0.1) is 0 Å². The Bertz CT molecular complexity index is 551. The van der Waals surface area contributed by atoms with Crippen LogP contribution in [0.1, 0.15) is 18.4 Å². The number of methoxy groups -OCH3 is 2. The van der Waals surface area contributed by atoms with Gasteiger partial charge < -0.3 is 19.7 Å². The average molecular weight is 306 g/mol. The van der Waals surface area contributed by atoms with Crippen molar-refractivity contribution in [3.63, 3.8) is 0 Å². The number of benzene rings is 1. The molecule has 1 N–H and O–H groups in total. The Morgan fingerprint density at radius 2 is 1.91 bits per heavy atom. The zero-order valence-corrected chi connectivity index (χ0v) is 13.2. The molecule has 120 valence electrons. The standard InChI is InChI=1S/C16H22N2O4/c1-11-4-5-14(21-2)13(10-11)17-15(19)12-6-8-18(9-7-12)16(20)22-3/h4-5,10,12H,6-9H2,1-3H3,(H,17,19). The highest BCUT2D eigenvalue weighted by Gasteiger charge is 2.28. The first kappa shape index (κ1) is 16.1. The van der Waals surface area contributed by atoms with Gasteiger partial charge >= 0.3 is 6.09 Å². The maximum absolute atomic E-state index is 12.4. The van der Waals surface area contributed by atoms with E-state index < -0.39 is 0 Å². The summed E-state index contributed by atoms with van der Waals surface area (Å²) >= 11 is 0. The van der Waals surface area contributed by atoms with Gasteiger partial charge in [0.05, 0.1) is 19.9 Å². The van der Waals surface area contributed by atoms with Crippen molar-refractivity contribution in [2.75, 3.05) is 32.6 Å². The summed E-state index contributed by atoms with van der Waals surface area (Å²) in [6.07, 6.45) is 0.934. The molecule has 1 aromatic rings. The number of aryl methyl sites for hydroxylation is 1. The molecule has 0 atom stereocenters.